The summed E-state index contributed by atoms with van der Waals surface area (Å²) in [6.45, 7) is 4.35. The van der Waals surface area contributed by atoms with E-state index in [4.69, 9.17) is 22.1 Å². The molecule has 1 fully saturated rings. The van der Waals surface area contributed by atoms with Crippen molar-refractivity contribution in [3.05, 3.63) is 17.3 Å². The number of hydrogen-bond acceptors (Lipinski definition) is 4. The summed E-state index contributed by atoms with van der Waals surface area (Å²) in [5.41, 5.74) is 6.26. The molecule has 0 radical (unpaired) electrons. The molecule has 17 heavy (non-hydrogen) atoms. The maximum Gasteiger partial charge on any atom is 0.145 e. The van der Waals surface area contributed by atoms with E-state index in [0.717, 1.165) is 6.42 Å². The second-order valence-electron chi connectivity index (χ2n) is 5.08. The molecular formula is C12H18ClN3O. The van der Waals surface area contributed by atoms with Crippen LogP contribution in [0.15, 0.2) is 12.3 Å². The minimum atomic E-state index is 0.0845. The van der Waals surface area contributed by atoms with Crippen LogP contribution in [0.3, 0.4) is 0 Å². The molecule has 0 spiro atoms. The maximum atomic E-state index is 6.08. The van der Waals surface area contributed by atoms with Gasteiger partial charge in [0, 0.05) is 18.6 Å². The van der Waals surface area contributed by atoms with Crippen molar-refractivity contribution in [1.29, 1.82) is 0 Å². The van der Waals surface area contributed by atoms with Crippen LogP contribution in [0.4, 0.5) is 11.5 Å². The van der Waals surface area contributed by atoms with Crippen molar-refractivity contribution in [2.24, 2.45) is 5.41 Å². The zero-order chi connectivity index (χ0) is 12.6. The van der Waals surface area contributed by atoms with Crippen molar-refractivity contribution in [2.45, 2.75) is 32.4 Å². The summed E-state index contributed by atoms with van der Waals surface area (Å²) < 4.78 is 5.41. The van der Waals surface area contributed by atoms with Crippen LogP contribution >= 0.6 is 11.6 Å². The highest BCUT2D eigenvalue weighted by atomic mass is 35.5. The van der Waals surface area contributed by atoms with E-state index < -0.39 is 0 Å². The first-order valence-corrected chi connectivity index (χ1v) is 6.03. The van der Waals surface area contributed by atoms with Crippen LogP contribution < -0.4 is 11.1 Å². The number of nitrogens with zero attached hydrogens (tertiary/aromatic N) is 1. The molecular weight excluding hydrogens is 238 g/mol. The Labute approximate surface area is 107 Å². The van der Waals surface area contributed by atoms with E-state index in [0.29, 0.717) is 22.6 Å². The lowest BCUT2D eigenvalue weighted by atomic mass is 9.64. The third kappa shape index (κ3) is 2.19. The van der Waals surface area contributed by atoms with E-state index in [2.05, 4.69) is 24.1 Å². The Bertz CT molecular complexity index is 422. The van der Waals surface area contributed by atoms with Gasteiger partial charge in [-0.05, 0) is 12.5 Å². The summed E-state index contributed by atoms with van der Waals surface area (Å²) in [6, 6.07) is 2.03. The number of nitrogens with one attached hydrogen (secondary N) is 1. The predicted octanol–water partition coefficient (Wildman–Crippen LogP) is 2.54. The Morgan fingerprint density at radius 3 is 2.82 bits per heavy atom. The molecule has 5 heteroatoms. The Balaban J connectivity index is 2.08. The SMILES string of the molecule is COC1CC(Nc2ncc(N)cc2Cl)C1(C)C. The molecule has 2 rings (SSSR count). The fourth-order valence-electron chi connectivity index (χ4n) is 2.25. The smallest absolute Gasteiger partial charge is 0.145 e. The standard InChI is InChI=1S/C12H18ClN3O/c1-12(2)9(5-10(12)17-3)16-11-8(13)4-7(14)6-15-11/h4,6,9-10H,5,14H2,1-3H3,(H,15,16). The molecule has 2 unspecified atom stereocenters. The van der Waals surface area contributed by atoms with E-state index >= 15 is 0 Å². The zero-order valence-corrected chi connectivity index (χ0v) is 11.1. The molecule has 0 saturated heterocycles. The summed E-state index contributed by atoms with van der Waals surface area (Å²) >= 11 is 6.08. The minimum absolute atomic E-state index is 0.0845. The van der Waals surface area contributed by atoms with Crippen LogP contribution in [0, 0.1) is 5.41 Å². The fourth-order valence-corrected chi connectivity index (χ4v) is 2.48. The second-order valence-corrected chi connectivity index (χ2v) is 5.48. The van der Waals surface area contributed by atoms with Crippen molar-refractivity contribution in [1.82, 2.24) is 4.98 Å². The van der Waals surface area contributed by atoms with Gasteiger partial charge in [0.05, 0.1) is 23.0 Å². The average molecular weight is 256 g/mol. The first-order chi connectivity index (χ1) is 7.95. The van der Waals surface area contributed by atoms with Gasteiger partial charge in [0.1, 0.15) is 5.82 Å². The predicted molar refractivity (Wildman–Crippen MR) is 70.3 cm³/mol. The molecule has 1 aromatic heterocycles. The molecule has 4 nitrogen and oxygen atoms in total. The number of rotatable bonds is 3. The quantitative estimate of drug-likeness (QED) is 0.872. The summed E-state index contributed by atoms with van der Waals surface area (Å²) in [5.74, 6) is 0.688. The van der Waals surface area contributed by atoms with Gasteiger partial charge in [-0.2, -0.15) is 0 Å². The third-order valence-electron chi connectivity index (χ3n) is 3.64. The normalized spacial score (nSPS) is 26.4. The molecule has 1 aliphatic rings. The summed E-state index contributed by atoms with van der Waals surface area (Å²) in [7, 11) is 1.75. The largest absolute Gasteiger partial charge is 0.397 e. The summed E-state index contributed by atoms with van der Waals surface area (Å²) in [6.07, 6.45) is 2.85. The van der Waals surface area contributed by atoms with E-state index in [-0.39, 0.29) is 11.5 Å². The van der Waals surface area contributed by atoms with Gasteiger partial charge in [-0.3, -0.25) is 0 Å². The van der Waals surface area contributed by atoms with Crippen LogP contribution in [0.25, 0.3) is 0 Å². The van der Waals surface area contributed by atoms with Gasteiger partial charge in [0.15, 0.2) is 0 Å². The van der Waals surface area contributed by atoms with Gasteiger partial charge in [0.2, 0.25) is 0 Å². The Morgan fingerprint density at radius 1 is 1.59 bits per heavy atom. The topological polar surface area (TPSA) is 60.2 Å². The van der Waals surface area contributed by atoms with Crippen LogP contribution in [0.1, 0.15) is 20.3 Å². The van der Waals surface area contributed by atoms with Crippen LogP contribution in [-0.2, 0) is 4.74 Å². The number of methoxy groups -OCH3 is 1. The van der Waals surface area contributed by atoms with Crippen LogP contribution in [-0.4, -0.2) is 24.2 Å². The fraction of sp³-hybridized carbons (Fsp3) is 0.583. The number of ether oxygens (including phenoxy) is 1. The van der Waals surface area contributed by atoms with Crippen molar-refractivity contribution in [3.63, 3.8) is 0 Å². The van der Waals surface area contributed by atoms with Crippen molar-refractivity contribution >= 4 is 23.1 Å². The van der Waals surface area contributed by atoms with Crippen LogP contribution in [0.2, 0.25) is 5.02 Å². The highest BCUT2D eigenvalue weighted by Crippen LogP contribution is 2.44. The number of halogens is 1. The Morgan fingerprint density at radius 2 is 2.29 bits per heavy atom. The summed E-state index contributed by atoms with van der Waals surface area (Å²) in [4.78, 5) is 4.21. The highest BCUT2D eigenvalue weighted by molar-refractivity contribution is 6.33. The van der Waals surface area contributed by atoms with E-state index in [1.165, 1.54) is 0 Å². The first kappa shape index (κ1) is 12.5. The molecule has 94 valence electrons. The second kappa shape index (κ2) is 4.35. The lowest BCUT2D eigenvalue weighted by Crippen LogP contribution is -2.57. The van der Waals surface area contributed by atoms with E-state index in [1.807, 2.05) is 0 Å². The van der Waals surface area contributed by atoms with E-state index in [1.54, 1.807) is 19.4 Å². The van der Waals surface area contributed by atoms with Gasteiger partial charge in [0.25, 0.3) is 0 Å². The maximum absolute atomic E-state index is 6.08. The number of pyridine rings is 1. The Kier molecular flexibility index (Phi) is 3.19. The number of nitrogens with two attached hydrogens (primary N) is 1. The first-order valence-electron chi connectivity index (χ1n) is 5.65. The van der Waals surface area contributed by atoms with Crippen molar-refractivity contribution in [3.8, 4) is 0 Å². The Hall–Kier alpha value is -1.00. The number of hydrogen-bond donors (Lipinski definition) is 2. The molecule has 2 atom stereocenters. The average Bonchev–Trinajstić information content (AvgIpc) is 2.26. The number of anilines is 2. The lowest BCUT2D eigenvalue weighted by Gasteiger charge is -2.51. The van der Waals surface area contributed by atoms with Gasteiger partial charge >= 0.3 is 0 Å². The van der Waals surface area contributed by atoms with Gasteiger partial charge in [-0.1, -0.05) is 25.4 Å². The molecule has 1 saturated carbocycles. The monoisotopic (exact) mass is 255 g/mol. The molecule has 1 heterocycles. The molecule has 1 aliphatic carbocycles. The highest BCUT2D eigenvalue weighted by Gasteiger charge is 2.48. The molecule has 0 aromatic carbocycles. The third-order valence-corrected chi connectivity index (χ3v) is 3.92. The minimum Gasteiger partial charge on any atom is -0.397 e. The molecule has 1 aromatic rings. The molecule has 0 amide bonds. The van der Waals surface area contributed by atoms with Crippen molar-refractivity contribution < 1.29 is 4.74 Å². The van der Waals surface area contributed by atoms with Gasteiger partial charge in [-0.15, -0.1) is 0 Å². The number of aromatic nitrogens is 1. The van der Waals surface area contributed by atoms with Crippen LogP contribution in [0.5, 0.6) is 0 Å². The zero-order valence-electron chi connectivity index (χ0n) is 10.3. The number of nitrogen functional groups attached to an aromatic ring is 1. The molecule has 0 aliphatic heterocycles. The lowest BCUT2D eigenvalue weighted by molar-refractivity contribution is -0.0795. The molecule has 0 bridgehead atoms. The van der Waals surface area contributed by atoms with Gasteiger partial charge in [-0.25, -0.2) is 4.98 Å². The van der Waals surface area contributed by atoms with E-state index in [9.17, 15) is 0 Å². The van der Waals surface area contributed by atoms with Gasteiger partial charge < -0.3 is 15.8 Å². The molecule has 3 N–H and O–H groups in total. The summed E-state index contributed by atoms with van der Waals surface area (Å²) in [5, 5.41) is 3.91. The van der Waals surface area contributed by atoms with Crippen molar-refractivity contribution in [2.75, 3.05) is 18.2 Å².